The number of aliphatic hydroxyl groups is 1. The van der Waals surface area contributed by atoms with Gasteiger partial charge in [0.15, 0.2) is 0 Å². The lowest BCUT2D eigenvalue weighted by Crippen LogP contribution is -2.28. The minimum atomic E-state index is -0.198. The first-order valence-corrected chi connectivity index (χ1v) is 4.91. The summed E-state index contributed by atoms with van der Waals surface area (Å²) in [7, 11) is 0. The van der Waals surface area contributed by atoms with Crippen LogP contribution in [0.4, 0.5) is 0 Å². The van der Waals surface area contributed by atoms with Crippen LogP contribution in [0.2, 0.25) is 0 Å². The predicted molar refractivity (Wildman–Crippen MR) is 45.8 cm³/mol. The molecule has 2 rings (SSSR count). The van der Waals surface area contributed by atoms with Crippen molar-refractivity contribution in [2.45, 2.75) is 50.5 Å². The highest BCUT2D eigenvalue weighted by atomic mass is 16.5. The van der Waals surface area contributed by atoms with Gasteiger partial charge < -0.3 is 9.84 Å². The molecule has 0 bridgehead atoms. The van der Waals surface area contributed by atoms with E-state index in [9.17, 15) is 5.11 Å². The zero-order chi connectivity index (χ0) is 8.39. The minimum Gasteiger partial charge on any atom is -0.392 e. The summed E-state index contributed by atoms with van der Waals surface area (Å²) in [6.45, 7) is 0.692. The third-order valence-corrected chi connectivity index (χ3v) is 2.73. The second kappa shape index (κ2) is 3.73. The second-order valence-electron chi connectivity index (χ2n) is 3.83. The van der Waals surface area contributed by atoms with Crippen LogP contribution in [-0.2, 0) is 4.74 Å². The average molecular weight is 171 g/mol. The Bertz CT molecular complexity index is 145. The lowest BCUT2D eigenvalue weighted by Gasteiger charge is -2.17. The van der Waals surface area contributed by atoms with E-state index in [1.54, 1.807) is 0 Å². The quantitative estimate of drug-likeness (QED) is 0.640. The molecule has 1 heterocycles. The summed E-state index contributed by atoms with van der Waals surface area (Å²) in [6.07, 6.45) is 6.14. The van der Waals surface area contributed by atoms with E-state index in [-0.39, 0.29) is 12.3 Å². The molecule has 70 valence electrons. The van der Waals surface area contributed by atoms with Gasteiger partial charge in [0.25, 0.3) is 0 Å². The number of rotatable bonds is 2. The fourth-order valence-electron chi connectivity index (χ4n) is 2.04. The molecule has 1 saturated heterocycles. The van der Waals surface area contributed by atoms with Crippen LogP contribution in [0.5, 0.6) is 0 Å². The van der Waals surface area contributed by atoms with Gasteiger partial charge in [0.1, 0.15) is 6.23 Å². The molecule has 3 heteroatoms. The number of hydrogen-bond donors (Lipinski definition) is 2. The second-order valence-corrected chi connectivity index (χ2v) is 3.83. The maximum Gasteiger partial charge on any atom is 0.111 e. The van der Waals surface area contributed by atoms with Crippen molar-refractivity contribution >= 4 is 0 Å². The minimum absolute atomic E-state index is 0.114. The SMILES string of the molecule is OC1CNC(OC2CCCC2)C1. The van der Waals surface area contributed by atoms with Gasteiger partial charge in [-0.15, -0.1) is 0 Å². The molecule has 2 aliphatic rings. The number of ether oxygens (including phenoxy) is 1. The van der Waals surface area contributed by atoms with Crippen molar-refractivity contribution in [3.8, 4) is 0 Å². The Kier molecular flexibility index (Phi) is 2.63. The fourth-order valence-corrected chi connectivity index (χ4v) is 2.04. The molecular formula is C9H17NO2. The van der Waals surface area contributed by atoms with Crippen LogP contribution in [0.15, 0.2) is 0 Å². The summed E-state index contributed by atoms with van der Waals surface area (Å²) in [5, 5.41) is 12.4. The van der Waals surface area contributed by atoms with E-state index in [4.69, 9.17) is 4.74 Å². The predicted octanol–water partition coefficient (Wildman–Crippen LogP) is 0.626. The van der Waals surface area contributed by atoms with E-state index in [1.165, 1.54) is 25.7 Å². The normalized spacial score (nSPS) is 37.8. The zero-order valence-electron chi connectivity index (χ0n) is 7.33. The van der Waals surface area contributed by atoms with E-state index in [2.05, 4.69) is 5.32 Å². The van der Waals surface area contributed by atoms with E-state index in [1.807, 2.05) is 0 Å². The average Bonchev–Trinajstić information content (AvgIpc) is 2.63. The van der Waals surface area contributed by atoms with Gasteiger partial charge >= 0.3 is 0 Å². The Morgan fingerprint density at radius 1 is 1.25 bits per heavy atom. The van der Waals surface area contributed by atoms with Gasteiger partial charge in [-0.2, -0.15) is 0 Å². The first-order valence-electron chi connectivity index (χ1n) is 4.91. The van der Waals surface area contributed by atoms with Crippen molar-refractivity contribution in [3.63, 3.8) is 0 Å². The molecule has 1 aliphatic carbocycles. The van der Waals surface area contributed by atoms with Crippen LogP contribution in [0.25, 0.3) is 0 Å². The first kappa shape index (κ1) is 8.48. The van der Waals surface area contributed by atoms with Gasteiger partial charge in [0.2, 0.25) is 0 Å². The topological polar surface area (TPSA) is 41.5 Å². The highest BCUT2D eigenvalue weighted by Gasteiger charge is 2.26. The third-order valence-electron chi connectivity index (χ3n) is 2.73. The van der Waals surface area contributed by atoms with Crippen molar-refractivity contribution in [1.82, 2.24) is 5.32 Å². The Morgan fingerprint density at radius 3 is 2.58 bits per heavy atom. The van der Waals surface area contributed by atoms with Gasteiger partial charge in [0.05, 0.1) is 12.2 Å². The number of β-amino-alcohol motifs (C(OH)–C–C–N with tert-alkyl or cyclic N) is 1. The third kappa shape index (κ3) is 1.97. The Labute approximate surface area is 73.1 Å². The van der Waals surface area contributed by atoms with Gasteiger partial charge in [-0.25, -0.2) is 0 Å². The first-order chi connectivity index (χ1) is 5.84. The maximum atomic E-state index is 9.23. The summed E-state index contributed by atoms with van der Waals surface area (Å²) < 4.78 is 5.77. The molecule has 0 spiro atoms. The molecule has 0 aromatic carbocycles. The van der Waals surface area contributed by atoms with Crippen LogP contribution in [-0.4, -0.2) is 30.1 Å². The summed E-state index contributed by atoms with van der Waals surface area (Å²) >= 11 is 0. The van der Waals surface area contributed by atoms with Gasteiger partial charge in [-0.05, 0) is 12.8 Å². The summed E-state index contributed by atoms with van der Waals surface area (Å²) in [5.41, 5.74) is 0. The summed E-state index contributed by atoms with van der Waals surface area (Å²) in [4.78, 5) is 0. The lowest BCUT2D eigenvalue weighted by molar-refractivity contribution is -0.0204. The van der Waals surface area contributed by atoms with Crippen molar-refractivity contribution in [3.05, 3.63) is 0 Å². The van der Waals surface area contributed by atoms with Crippen LogP contribution in [0.3, 0.4) is 0 Å². The van der Waals surface area contributed by atoms with Crippen molar-refractivity contribution in [1.29, 1.82) is 0 Å². The van der Waals surface area contributed by atoms with Crippen molar-refractivity contribution in [2.75, 3.05) is 6.54 Å². The van der Waals surface area contributed by atoms with Crippen molar-refractivity contribution in [2.24, 2.45) is 0 Å². The highest BCUT2D eigenvalue weighted by molar-refractivity contribution is 4.77. The molecule has 2 N–H and O–H groups in total. The lowest BCUT2D eigenvalue weighted by atomic mass is 10.3. The highest BCUT2D eigenvalue weighted by Crippen LogP contribution is 2.23. The molecule has 2 unspecified atom stereocenters. The van der Waals surface area contributed by atoms with Crippen LogP contribution in [0, 0.1) is 0 Å². The Balaban J connectivity index is 1.72. The molecule has 0 radical (unpaired) electrons. The molecular weight excluding hydrogens is 154 g/mol. The molecule has 3 nitrogen and oxygen atoms in total. The van der Waals surface area contributed by atoms with E-state index in [0.29, 0.717) is 12.6 Å². The summed E-state index contributed by atoms with van der Waals surface area (Å²) in [6, 6.07) is 0. The van der Waals surface area contributed by atoms with E-state index >= 15 is 0 Å². The van der Waals surface area contributed by atoms with Crippen LogP contribution >= 0.6 is 0 Å². The molecule has 12 heavy (non-hydrogen) atoms. The Morgan fingerprint density at radius 2 is 2.00 bits per heavy atom. The number of nitrogens with one attached hydrogen (secondary N) is 1. The summed E-state index contributed by atoms with van der Waals surface area (Å²) in [5.74, 6) is 0. The van der Waals surface area contributed by atoms with E-state index < -0.39 is 0 Å². The molecule has 2 atom stereocenters. The molecule has 0 amide bonds. The monoisotopic (exact) mass is 171 g/mol. The molecule has 2 fully saturated rings. The van der Waals surface area contributed by atoms with Crippen molar-refractivity contribution < 1.29 is 9.84 Å². The van der Waals surface area contributed by atoms with Crippen LogP contribution < -0.4 is 5.32 Å². The van der Waals surface area contributed by atoms with E-state index in [0.717, 1.165) is 6.42 Å². The van der Waals surface area contributed by atoms with Crippen LogP contribution in [0.1, 0.15) is 32.1 Å². The fraction of sp³-hybridized carbons (Fsp3) is 1.00. The van der Waals surface area contributed by atoms with Gasteiger partial charge in [-0.3, -0.25) is 5.32 Å². The number of aliphatic hydroxyl groups excluding tert-OH is 1. The zero-order valence-corrected chi connectivity index (χ0v) is 7.33. The number of hydrogen-bond acceptors (Lipinski definition) is 3. The molecule has 0 aromatic rings. The van der Waals surface area contributed by atoms with Gasteiger partial charge in [-0.1, -0.05) is 12.8 Å². The Hall–Kier alpha value is -0.120. The maximum absolute atomic E-state index is 9.23. The standard InChI is InChI=1S/C9H17NO2/c11-7-5-9(10-6-7)12-8-3-1-2-4-8/h7-11H,1-6H2. The smallest absolute Gasteiger partial charge is 0.111 e. The molecule has 0 aromatic heterocycles. The molecule has 1 saturated carbocycles. The largest absolute Gasteiger partial charge is 0.392 e. The van der Waals surface area contributed by atoms with Gasteiger partial charge in [0, 0.05) is 13.0 Å². The molecule has 1 aliphatic heterocycles.